The van der Waals surface area contributed by atoms with Gasteiger partial charge in [0.1, 0.15) is 5.75 Å². The summed E-state index contributed by atoms with van der Waals surface area (Å²) in [6, 6.07) is 3.83. The Morgan fingerprint density at radius 2 is 1.81 bits per heavy atom. The molecular formula is C17H26N2O2. The van der Waals surface area contributed by atoms with Crippen LogP contribution >= 0.6 is 0 Å². The van der Waals surface area contributed by atoms with Gasteiger partial charge >= 0.3 is 0 Å². The van der Waals surface area contributed by atoms with E-state index < -0.39 is 0 Å². The molecular weight excluding hydrogens is 264 g/mol. The molecule has 1 fully saturated rings. The number of carbonyl (C=O) groups is 1. The zero-order valence-corrected chi connectivity index (χ0v) is 13.6. The molecule has 116 valence electrons. The molecule has 1 saturated heterocycles. The zero-order chi connectivity index (χ0) is 15.4. The van der Waals surface area contributed by atoms with E-state index in [-0.39, 0.29) is 5.78 Å². The lowest BCUT2D eigenvalue weighted by molar-refractivity contribution is 0.0875. The van der Waals surface area contributed by atoms with E-state index in [0.717, 1.165) is 48.6 Å². The minimum atomic E-state index is 0.211. The number of ketones is 1. The normalized spacial score (nSPS) is 17.0. The van der Waals surface area contributed by atoms with Gasteiger partial charge in [-0.25, -0.2) is 0 Å². The number of benzene rings is 1. The third kappa shape index (κ3) is 3.83. The van der Waals surface area contributed by atoms with Gasteiger partial charge in [0.2, 0.25) is 0 Å². The Morgan fingerprint density at radius 1 is 1.14 bits per heavy atom. The average molecular weight is 290 g/mol. The second kappa shape index (κ2) is 7.05. The lowest BCUT2D eigenvalue weighted by atomic mass is 9.99. The second-order valence-corrected chi connectivity index (χ2v) is 5.80. The molecule has 0 N–H and O–H groups in total. The molecule has 0 spiro atoms. The Morgan fingerprint density at radius 3 is 2.43 bits per heavy atom. The van der Waals surface area contributed by atoms with Crippen molar-refractivity contribution in [3.8, 4) is 5.75 Å². The molecule has 0 bridgehead atoms. The van der Waals surface area contributed by atoms with Crippen LogP contribution in [0.15, 0.2) is 12.1 Å². The zero-order valence-electron chi connectivity index (χ0n) is 13.6. The summed E-state index contributed by atoms with van der Waals surface area (Å²) in [4.78, 5) is 17.1. The summed E-state index contributed by atoms with van der Waals surface area (Å²) < 4.78 is 5.59. The maximum absolute atomic E-state index is 12.5. The second-order valence-electron chi connectivity index (χ2n) is 5.80. The predicted octanol–water partition coefficient (Wildman–Crippen LogP) is 2.13. The smallest absolute Gasteiger partial charge is 0.177 e. The molecule has 2 rings (SSSR count). The summed E-state index contributed by atoms with van der Waals surface area (Å²) in [6.45, 7) is 11.2. The largest absolute Gasteiger partial charge is 0.494 e. The third-order valence-corrected chi connectivity index (χ3v) is 4.30. The van der Waals surface area contributed by atoms with Crippen molar-refractivity contribution in [2.45, 2.75) is 20.8 Å². The molecule has 1 heterocycles. The molecule has 21 heavy (non-hydrogen) atoms. The van der Waals surface area contributed by atoms with Crippen LogP contribution in [0.4, 0.5) is 0 Å². The molecule has 1 aliphatic rings. The fourth-order valence-corrected chi connectivity index (χ4v) is 2.70. The SMILES string of the molecule is CCOc1ccc(C(=O)CN2CCN(C)CC2)c(C)c1C. The minimum Gasteiger partial charge on any atom is -0.494 e. The summed E-state index contributed by atoms with van der Waals surface area (Å²) in [5.41, 5.74) is 2.94. The van der Waals surface area contributed by atoms with Crippen molar-refractivity contribution in [1.29, 1.82) is 0 Å². The van der Waals surface area contributed by atoms with Crippen LogP contribution in [0.3, 0.4) is 0 Å². The van der Waals surface area contributed by atoms with Crippen LogP contribution in [0.5, 0.6) is 5.75 Å². The van der Waals surface area contributed by atoms with Gasteiger partial charge in [0.15, 0.2) is 5.78 Å². The molecule has 0 atom stereocenters. The highest BCUT2D eigenvalue weighted by Gasteiger charge is 2.19. The fraction of sp³-hybridized carbons (Fsp3) is 0.588. The molecule has 1 aromatic carbocycles. The van der Waals surface area contributed by atoms with E-state index in [1.165, 1.54) is 0 Å². The summed E-state index contributed by atoms with van der Waals surface area (Å²) in [5, 5.41) is 0. The monoisotopic (exact) mass is 290 g/mol. The van der Waals surface area contributed by atoms with E-state index in [4.69, 9.17) is 4.74 Å². The third-order valence-electron chi connectivity index (χ3n) is 4.30. The predicted molar refractivity (Wildman–Crippen MR) is 85.4 cm³/mol. The van der Waals surface area contributed by atoms with Crippen molar-refractivity contribution in [1.82, 2.24) is 9.80 Å². The first-order chi connectivity index (χ1) is 10.0. The molecule has 4 nitrogen and oxygen atoms in total. The van der Waals surface area contributed by atoms with Crippen LogP contribution < -0.4 is 4.74 Å². The number of carbonyl (C=O) groups excluding carboxylic acids is 1. The van der Waals surface area contributed by atoms with E-state index in [9.17, 15) is 4.79 Å². The van der Waals surface area contributed by atoms with Crippen molar-refractivity contribution in [2.75, 3.05) is 46.4 Å². The van der Waals surface area contributed by atoms with Gasteiger partial charge in [0.05, 0.1) is 13.2 Å². The molecule has 1 aliphatic heterocycles. The van der Waals surface area contributed by atoms with Crippen LogP contribution in [-0.2, 0) is 0 Å². The molecule has 0 aliphatic carbocycles. The number of rotatable bonds is 5. The Balaban J connectivity index is 2.07. The highest BCUT2D eigenvalue weighted by atomic mass is 16.5. The van der Waals surface area contributed by atoms with Crippen LogP contribution in [0.25, 0.3) is 0 Å². The maximum Gasteiger partial charge on any atom is 0.177 e. The highest BCUT2D eigenvalue weighted by molar-refractivity contribution is 5.99. The van der Waals surface area contributed by atoms with Gasteiger partial charge in [-0.15, -0.1) is 0 Å². The standard InChI is InChI=1S/C17H26N2O2/c1-5-21-17-7-6-15(13(2)14(17)3)16(20)12-19-10-8-18(4)9-11-19/h6-7H,5,8-12H2,1-4H3. The van der Waals surface area contributed by atoms with Gasteiger partial charge in [-0.05, 0) is 51.1 Å². The van der Waals surface area contributed by atoms with Crippen LogP contribution in [0, 0.1) is 13.8 Å². The fourth-order valence-electron chi connectivity index (χ4n) is 2.70. The molecule has 0 aromatic heterocycles. The maximum atomic E-state index is 12.5. The van der Waals surface area contributed by atoms with Crippen molar-refractivity contribution in [2.24, 2.45) is 0 Å². The number of Topliss-reactive ketones (excluding diaryl/α,β-unsaturated/α-hetero) is 1. The first kappa shape index (κ1) is 16.0. The summed E-state index contributed by atoms with van der Waals surface area (Å²) >= 11 is 0. The number of likely N-dealkylation sites (N-methyl/N-ethyl adjacent to an activating group) is 1. The molecule has 4 heteroatoms. The van der Waals surface area contributed by atoms with Crippen LogP contribution in [-0.4, -0.2) is 62.0 Å². The van der Waals surface area contributed by atoms with Crippen molar-refractivity contribution in [3.63, 3.8) is 0 Å². The van der Waals surface area contributed by atoms with Gasteiger partial charge in [-0.2, -0.15) is 0 Å². The quantitative estimate of drug-likeness (QED) is 0.778. The van der Waals surface area contributed by atoms with E-state index in [0.29, 0.717) is 13.2 Å². The molecule has 0 amide bonds. The molecule has 0 radical (unpaired) electrons. The number of hydrogen-bond acceptors (Lipinski definition) is 4. The lowest BCUT2D eigenvalue weighted by Crippen LogP contribution is -2.46. The Kier molecular flexibility index (Phi) is 5.37. The van der Waals surface area contributed by atoms with E-state index in [1.807, 2.05) is 32.9 Å². The van der Waals surface area contributed by atoms with Crippen LogP contribution in [0.2, 0.25) is 0 Å². The number of nitrogens with zero attached hydrogens (tertiary/aromatic N) is 2. The van der Waals surface area contributed by atoms with Crippen LogP contribution in [0.1, 0.15) is 28.4 Å². The molecule has 1 aromatic rings. The summed E-state index contributed by atoms with van der Waals surface area (Å²) in [6.07, 6.45) is 0. The Labute approximate surface area is 127 Å². The van der Waals surface area contributed by atoms with Gasteiger partial charge < -0.3 is 9.64 Å². The van der Waals surface area contributed by atoms with Crippen molar-refractivity contribution >= 4 is 5.78 Å². The van der Waals surface area contributed by atoms with Gasteiger partial charge in [0, 0.05) is 31.7 Å². The molecule has 0 unspecified atom stereocenters. The van der Waals surface area contributed by atoms with E-state index in [2.05, 4.69) is 16.8 Å². The average Bonchev–Trinajstić information content (AvgIpc) is 2.46. The number of piperazine rings is 1. The summed E-state index contributed by atoms with van der Waals surface area (Å²) in [5.74, 6) is 1.09. The van der Waals surface area contributed by atoms with Gasteiger partial charge in [-0.1, -0.05) is 0 Å². The summed E-state index contributed by atoms with van der Waals surface area (Å²) in [7, 11) is 2.12. The van der Waals surface area contributed by atoms with Crippen molar-refractivity contribution < 1.29 is 9.53 Å². The van der Waals surface area contributed by atoms with E-state index >= 15 is 0 Å². The first-order valence-electron chi connectivity index (χ1n) is 7.70. The van der Waals surface area contributed by atoms with E-state index in [1.54, 1.807) is 0 Å². The molecule has 0 saturated carbocycles. The Bertz CT molecular complexity index is 506. The van der Waals surface area contributed by atoms with Gasteiger partial charge in [0.25, 0.3) is 0 Å². The topological polar surface area (TPSA) is 32.8 Å². The Hall–Kier alpha value is -1.39. The minimum absolute atomic E-state index is 0.211. The highest BCUT2D eigenvalue weighted by Crippen LogP contribution is 2.24. The first-order valence-corrected chi connectivity index (χ1v) is 7.70. The van der Waals surface area contributed by atoms with Crippen molar-refractivity contribution in [3.05, 3.63) is 28.8 Å². The number of ether oxygens (including phenoxy) is 1. The lowest BCUT2D eigenvalue weighted by Gasteiger charge is -2.31. The number of hydrogen-bond donors (Lipinski definition) is 0. The van der Waals surface area contributed by atoms with Gasteiger partial charge in [-0.3, -0.25) is 9.69 Å².